The molecule has 0 atom stereocenters. The third-order valence-corrected chi connectivity index (χ3v) is 2.60. The number of aryl methyl sites for hydroxylation is 1. The van der Waals surface area contributed by atoms with Gasteiger partial charge in [0.2, 0.25) is 0 Å². The normalized spacial score (nSPS) is 10.7. The van der Waals surface area contributed by atoms with E-state index in [1.54, 1.807) is 6.92 Å². The minimum atomic E-state index is -1.09. The van der Waals surface area contributed by atoms with Crippen LogP contribution in [0, 0.1) is 12.7 Å². The molecular weight excluding hydrogens is 225 g/mol. The molecule has 0 amide bonds. The fourth-order valence-electron chi connectivity index (χ4n) is 1.79. The number of aromatic amines is 1. The van der Waals surface area contributed by atoms with E-state index in [1.807, 2.05) is 0 Å². The van der Waals surface area contributed by atoms with Gasteiger partial charge in [-0.05, 0) is 25.1 Å². The van der Waals surface area contributed by atoms with Crippen LogP contribution in [-0.2, 0) is 11.2 Å². The highest BCUT2D eigenvalue weighted by Gasteiger charge is 2.12. The number of nitrogens with one attached hydrogen (secondary N) is 1. The molecule has 2 aromatic rings. The molecule has 0 aliphatic carbocycles. The molecule has 0 bridgehead atoms. The predicted molar refractivity (Wildman–Crippen MR) is 60.6 cm³/mol. The molecule has 0 radical (unpaired) electrons. The van der Waals surface area contributed by atoms with Crippen LogP contribution in [0.25, 0.3) is 10.9 Å². The Morgan fingerprint density at radius 2 is 2.18 bits per heavy atom. The molecule has 0 saturated heterocycles. The van der Waals surface area contributed by atoms with Crippen molar-refractivity contribution >= 4 is 16.9 Å². The molecule has 1 aromatic heterocycles. The molecule has 1 heterocycles. The summed E-state index contributed by atoms with van der Waals surface area (Å²) in [6.45, 7) is 1.63. The topological polar surface area (TPSA) is 70.2 Å². The van der Waals surface area contributed by atoms with Crippen LogP contribution < -0.4 is 5.43 Å². The lowest BCUT2D eigenvalue weighted by molar-refractivity contribution is -0.136. The van der Waals surface area contributed by atoms with Crippen LogP contribution in [-0.4, -0.2) is 16.1 Å². The Labute approximate surface area is 95.7 Å². The van der Waals surface area contributed by atoms with E-state index in [0.29, 0.717) is 11.2 Å². The van der Waals surface area contributed by atoms with Gasteiger partial charge in [-0.15, -0.1) is 0 Å². The van der Waals surface area contributed by atoms with Gasteiger partial charge in [-0.25, -0.2) is 4.39 Å². The van der Waals surface area contributed by atoms with Crippen LogP contribution in [0.5, 0.6) is 0 Å². The molecule has 88 valence electrons. The number of rotatable bonds is 2. The van der Waals surface area contributed by atoms with E-state index < -0.39 is 17.2 Å². The molecular formula is C12H10FNO3. The Morgan fingerprint density at radius 1 is 1.47 bits per heavy atom. The van der Waals surface area contributed by atoms with Gasteiger partial charge in [0, 0.05) is 22.2 Å². The van der Waals surface area contributed by atoms with Gasteiger partial charge in [0.25, 0.3) is 0 Å². The Morgan fingerprint density at radius 3 is 2.82 bits per heavy atom. The molecule has 0 aliphatic heterocycles. The first-order chi connectivity index (χ1) is 7.99. The minimum absolute atomic E-state index is 0.163. The van der Waals surface area contributed by atoms with Crippen molar-refractivity contribution in [1.29, 1.82) is 0 Å². The first-order valence-electron chi connectivity index (χ1n) is 5.02. The first kappa shape index (κ1) is 11.3. The van der Waals surface area contributed by atoms with Gasteiger partial charge in [0.05, 0.1) is 6.42 Å². The van der Waals surface area contributed by atoms with E-state index in [4.69, 9.17) is 5.11 Å². The molecule has 2 rings (SSSR count). The molecule has 2 N–H and O–H groups in total. The number of carboxylic acid groups (broad SMARTS) is 1. The van der Waals surface area contributed by atoms with Gasteiger partial charge in [-0.2, -0.15) is 0 Å². The standard InChI is InChI=1S/C12H10FNO3/c1-6-8(5-11(15)16)12(17)9-4-7(13)2-3-10(9)14-6/h2-4H,5H2,1H3,(H,14,17)(H,15,16). The summed E-state index contributed by atoms with van der Waals surface area (Å²) in [5.41, 5.74) is 0.730. The van der Waals surface area contributed by atoms with Gasteiger partial charge in [-0.1, -0.05) is 0 Å². The second-order valence-electron chi connectivity index (χ2n) is 3.82. The molecule has 0 aliphatic rings. The molecule has 5 heteroatoms. The number of H-pyrrole nitrogens is 1. The zero-order valence-electron chi connectivity index (χ0n) is 9.08. The lowest BCUT2D eigenvalue weighted by atomic mass is 10.1. The number of aliphatic carboxylic acids is 1. The maximum Gasteiger partial charge on any atom is 0.308 e. The molecule has 17 heavy (non-hydrogen) atoms. The molecule has 4 nitrogen and oxygen atoms in total. The number of hydrogen-bond donors (Lipinski definition) is 2. The summed E-state index contributed by atoms with van der Waals surface area (Å²) in [7, 11) is 0. The van der Waals surface area contributed by atoms with E-state index in [2.05, 4.69) is 4.98 Å². The number of hydrogen-bond acceptors (Lipinski definition) is 2. The number of fused-ring (bicyclic) bond motifs is 1. The van der Waals surface area contributed by atoms with Crippen molar-refractivity contribution in [2.75, 3.05) is 0 Å². The molecule has 0 spiro atoms. The molecule has 0 saturated carbocycles. The summed E-state index contributed by atoms with van der Waals surface area (Å²) in [5, 5.41) is 8.89. The van der Waals surface area contributed by atoms with Crippen molar-refractivity contribution in [2.24, 2.45) is 0 Å². The van der Waals surface area contributed by atoms with Crippen molar-refractivity contribution in [1.82, 2.24) is 4.98 Å². The molecule has 1 aromatic carbocycles. The van der Waals surface area contributed by atoms with Crippen molar-refractivity contribution in [3.63, 3.8) is 0 Å². The zero-order chi connectivity index (χ0) is 12.6. The zero-order valence-corrected chi connectivity index (χ0v) is 9.08. The van der Waals surface area contributed by atoms with Crippen molar-refractivity contribution < 1.29 is 14.3 Å². The Bertz CT molecular complexity index is 661. The van der Waals surface area contributed by atoms with Gasteiger partial charge >= 0.3 is 5.97 Å². The first-order valence-corrected chi connectivity index (χ1v) is 5.02. The van der Waals surface area contributed by atoms with E-state index in [1.165, 1.54) is 12.1 Å². The summed E-state index contributed by atoms with van der Waals surface area (Å²) < 4.78 is 13.0. The Balaban J connectivity index is 2.78. The third kappa shape index (κ3) is 2.04. The fraction of sp³-hybridized carbons (Fsp3) is 0.167. The van der Waals surface area contributed by atoms with Crippen LogP contribution in [0.2, 0.25) is 0 Å². The predicted octanol–water partition coefficient (Wildman–Crippen LogP) is 1.60. The largest absolute Gasteiger partial charge is 0.481 e. The van der Waals surface area contributed by atoms with E-state index in [9.17, 15) is 14.0 Å². The average molecular weight is 235 g/mol. The van der Waals surface area contributed by atoms with Crippen LogP contribution in [0.1, 0.15) is 11.3 Å². The summed E-state index contributed by atoms with van der Waals surface area (Å²) in [6, 6.07) is 3.82. The summed E-state index contributed by atoms with van der Waals surface area (Å²) >= 11 is 0. The Kier molecular flexibility index (Phi) is 2.67. The van der Waals surface area contributed by atoms with Crippen molar-refractivity contribution in [3.8, 4) is 0 Å². The monoisotopic (exact) mass is 235 g/mol. The number of aromatic nitrogens is 1. The molecule has 0 unspecified atom stereocenters. The smallest absolute Gasteiger partial charge is 0.308 e. The number of halogens is 1. The quantitative estimate of drug-likeness (QED) is 0.830. The molecule has 0 fully saturated rings. The van der Waals surface area contributed by atoms with Gasteiger partial charge in [0.15, 0.2) is 5.43 Å². The number of pyridine rings is 1. The van der Waals surface area contributed by atoms with Gasteiger partial charge < -0.3 is 10.1 Å². The van der Waals surface area contributed by atoms with E-state index in [0.717, 1.165) is 6.07 Å². The van der Waals surface area contributed by atoms with Crippen LogP contribution in [0.15, 0.2) is 23.0 Å². The maximum absolute atomic E-state index is 13.0. The van der Waals surface area contributed by atoms with Crippen LogP contribution in [0.4, 0.5) is 4.39 Å². The second-order valence-corrected chi connectivity index (χ2v) is 3.82. The summed E-state index contributed by atoms with van der Waals surface area (Å²) in [5.74, 6) is -1.61. The minimum Gasteiger partial charge on any atom is -0.481 e. The van der Waals surface area contributed by atoms with Gasteiger partial charge in [0.1, 0.15) is 5.82 Å². The van der Waals surface area contributed by atoms with Crippen molar-refractivity contribution in [2.45, 2.75) is 13.3 Å². The lowest BCUT2D eigenvalue weighted by Gasteiger charge is -2.06. The number of carboxylic acids is 1. The summed E-state index contributed by atoms with van der Waals surface area (Å²) in [6.07, 6.45) is -0.367. The highest BCUT2D eigenvalue weighted by Crippen LogP contribution is 2.13. The third-order valence-electron chi connectivity index (χ3n) is 2.60. The Hall–Kier alpha value is -2.17. The lowest BCUT2D eigenvalue weighted by Crippen LogP contribution is -2.17. The summed E-state index contributed by atoms with van der Waals surface area (Å²) in [4.78, 5) is 25.5. The maximum atomic E-state index is 13.0. The number of benzene rings is 1. The highest BCUT2D eigenvalue weighted by atomic mass is 19.1. The van der Waals surface area contributed by atoms with Crippen molar-refractivity contribution in [3.05, 3.63) is 45.5 Å². The SMILES string of the molecule is Cc1[nH]c2ccc(F)cc2c(=O)c1CC(=O)O. The second kappa shape index (κ2) is 4.01. The van der Waals surface area contributed by atoms with Crippen LogP contribution >= 0.6 is 0 Å². The van der Waals surface area contributed by atoms with Crippen LogP contribution in [0.3, 0.4) is 0 Å². The average Bonchev–Trinajstić information content (AvgIpc) is 2.25. The fourth-order valence-corrected chi connectivity index (χ4v) is 1.79. The van der Waals surface area contributed by atoms with E-state index >= 15 is 0 Å². The van der Waals surface area contributed by atoms with Gasteiger partial charge in [-0.3, -0.25) is 9.59 Å². The highest BCUT2D eigenvalue weighted by molar-refractivity contribution is 5.81. The van der Waals surface area contributed by atoms with E-state index in [-0.39, 0.29) is 17.4 Å². The number of carbonyl (C=O) groups is 1.